The van der Waals surface area contributed by atoms with Gasteiger partial charge in [-0.3, -0.25) is 9.59 Å². The molecular weight excluding hydrogens is 305 g/mol. The molecule has 1 heterocycles. The van der Waals surface area contributed by atoms with E-state index in [2.05, 4.69) is 15.5 Å². The van der Waals surface area contributed by atoms with Crippen LogP contribution in [0.3, 0.4) is 0 Å². The number of carboxylic acid groups (broad SMARTS) is 1. The van der Waals surface area contributed by atoms with Gasteiger partial charge in [-0.15, -0.1) is 10.2 Å². The third kappa shape index (κ3) is 3.37. The van der Waals surface area contributed by atoms with E-state index in [0.29, 0.717) is 13.0 Å². The Hall–Kier alpha value is -1.40. The zero-order chi connectivity index (χ0) is 14.7. The van der Waals surface area contributed by atoms with Crippen LogP contribution in [0, 0.1) is 11.8 Å². The minimum absolute atomic E-state index is 0.0342. The molecule has 1 saturated carbocycles. The number of hydrogen-bond donors (Lipinski definition) is 2. The van der Waals surface area contributed by atoms with Crippen molar-refractivity contribution in [2.24, 2.45) is 11.8 Å². The van der Waals surface area contributed by atoms with Crippen LogP contribution in [0.4, 0.5) is 0 Å². The Balaban J connectivity index is 1.98. The van der Waals surface area contributed by atoms with Crippen LogP contribution in [0.15, 0.2) is 6.07 Å². The summed E-state index contributed by atoms with van der Waals surface area (Å²) in [7, 11) is 0. The van der Waals surface area contributed by atoms with Crippen molar-refractivity contribution in [3.8, 4) is 0 Å². The van der Waals surface area contributed by atoms with Crippen LogP contribution in [-0.2, 0) is 4.79 Å². The van der Waals surface area contributed by atoms with Gasteiger partial charge in [-0.2, -0.15) is 0 Å². The van der Waals surface area contributed by atoms with Crippen molar-refractivity contribution in [1.29, 1.82) is 0 Å². The van der Waals surface area contributed by atoms with E-state index in [1.54, 1.807) is 0 Å². The molecule has 6 nitrogen and oxygen atoms in total. The number of nitrogens with one attached hydrogen (secondary N) is 1. The number of aromatic nitrogens is 2. The van der Waals surface area contributed by atoms with Crippen molar-refractivity contribution < 1.29 is 14.7 Å². The molecule has 0 spiro atoms. The number of rotatable bonds is 4. The van der Waals surface area contributed by atoms with Gasteiger partial charge in [0.1, 0.15) is 0 Å². The van der Waals surface area contributed by atoms with Crippen molar-refractivity contribution in [3.63, 3.8) is 0 Å². The summed E-state index contributed by atoms with van der Waals surface area (Å²) in [6.45, 7) is 0.298. The number of carbonyl (C=O) groups excluding carboxylic acids is 1. The molecule has 2 N–H and O–H groups in total. The summed E-state index contributed by atoms with van der Waals surface area (Å²) < 4.78 is 0. The Bertz CT molecular complexity index is 539. The second-order valence-corrected chi connectivity index (χ2v) is 5.46. The van der Waals surface area contributed by atoms with E-state index < -0.39 is 17.8 Å². The molecule has 2 rings (SSSR count). The van der Waals surface area contributed by atoms with E-state index in [9.17, 15) is 9.59 Å². The number of nitrogens with zero attached hydrogens (tertiary/aromatic N) is 2. The van der Waals surface area contributed by atoms with Crippen LogP contribution >= 0.6 is 23.2 Å². The lowest BCUT2D eigenvalue weighted by molar-refractivity contribution is -0.142. The van der Waals surface area contributed by atoms with E-state index in [0.717, 1.165) is 12.8 Å². The third-order valence-corrected chi connectivity index (χ3v) is 3.93. The number of carbonyl (C=O) groups is 2. The number of aliphatic carboxylic acids is 1. The molecule has 2 atom stereocenters. The van der Waals surface area contributed by atoms with Gasteiger partial charge in [0.25, 0.3) is 5.91 Å². The van der Waals surface area contributed by atoms with Crippen LogP contribution in [0.2, 0.25) is 10.3 Å². The average molecular weight is 318 g/mol. The first-order valence-corrected chi connectivity index (χ1v) is 6.94. The van der Waals surface area contributed by atoms with E-state index in [-0.39, 0.29) is 21.8 Å². The molecule has 1 fully saturated rings. The van der Waals surface area contributed by atoms with E-state index in [4.69, 9.17) is 28.3 Å². The van der Waals surface area contributed by atoms with E-state index in [1.807, 2.05) is 0 Å². The largest absolute Gasteiger partial charge is 0.481 e. The van der Waals surface area contributed by atoms with Gasteiger partial charge < -0.3 is 10.4 Å². The number of carboxylic acids is 1. The lowest BCUT2D eigenvalue weighted by Crippen LogP contribution is -2.33. The highest BCUT2D eigenvalue weighted by molar-refractivity contribution is 6.34. The normalized spacial score (nSPS) is 21.7. The summed E-state index contributed by atoms with van der Waals surface area (Å²) in [5.41, 5.74) is 0.136. The topological polar surface area (TPSA) is 92.2 Å². The Labute approximate surface area is 125 Å². The van der Waals surface area contributed by atoms with Crippen molar-refractivity contribution in [1.82, 2.24) is 15.5 Å². The maximum atomic E-state index is 12.0. The molecule has 0 saturated heterocycles. The second kappa shape index (κ2) is 6.37. The summed E-state index contributed by atoms with van der Waals surface area (Å²) in [5, 5.41) is 18.9. The molecule has 108 valence electrons. The van der Waals surface area contributed by atoms with E-state index >= 15 is 0 Å². The Morgan fingerprint density at radius 1 is 1.35 bits per heavy atom. The minimum Gasteiger partial charge on any atom is -0.481 e. The first-order valence-electron chi connectivity index (χ1n) is 6.18. The maximum absolute atomic E-state index is 12.0. The average Bonchev–Trinajstić information content (AvgIpc) is 2.87. The summed E-state index contributed by atoms with van der Waals surface area (Å²) in [4.78, 5) is 23.0. The van der Waals surface area contributed by atoms with Crippen LogP contribution in [0.5, 0.6) is 0 Å². The number of hydrogen-bond acceptors (Lipinski definition) is 4. The number of halogens is 2. The Kier molecular flexibility index (Phi) is 4.77. The van der Waals surface area contributed by atoms with Crippen LogP contribution < -0.4 is 5.32 Å². The molecular formula is C12H13Cl2N3O3. The van der Waals surface area contributed by atoms with Gasteiger partial charge in [-0.05, 0) is 24.8 Å². The predicted molar refractivity (Wildman–Crippen MR) is 72.9 cm³/mol. The first kappa shape index (κ1) is 15.0. The highest BCUT2D eigenvalue weighted by Crippen LogP contribution is 2.31. The lowest BCUT2D eigenvalue weighted by atomic mass is 9.96. The molecule has 0 bridgehead atoms. The fourth-order valence-electron chi connectivity index (χ4n) is 2.44. The van der Waals surface area contributed by atoms with Gasteiger partial charge in [0.05, 0.1) is 11.5 Å². The first-order chi connectivity index (χ1) is 9.49. The predicted octanol–water partition coefficient (Wildman–Crippen LogP) is 2.01. The van der Waals surface area contributed by atoms with Gasteiger partial charge in [0.2, 0.25) is 0 Å². The molecule has 1 amide bonds. The second-order valence-electron chi connectivity index (χ2n) is 4.72. The molecule has 1 aliphatic rings. The molecule has 8 heteroatoms. The molecule has 0 aliphatic heterocycles. The quantitative estimate of drug-likeness (QED) is 0.886. The van der Waals surface area contributed by atoms with Gasteiger partial charge >= 0.3 is 5.97 Å². The molecule has 1 aromatic rings. The zero-order valence-electron chi connectivity index (χ0n) is 10.5. The van der Waals surface area contributed by atoms with Crippen molar-refractivity contribution in [2.45, 2.75) is 19.3 Å². The van der Waals surface area contributed by atoms with Crippen molar-refractivity contribution in [3.05, 3.63) is 21.9 Å². The third-order valence-electron chi connectivity index (χ3n) is 3.46. The summed E-state index contributed by atoms with van der Waals surface area (Å²) in [5.74, 6) is -1.69. The van der Waals surface area contributed by atoms with Crippen molar-refractivity contribution >= 4 is 35.1 Å². The molecule has 0 radical (unpaired) electrons. The molecule has 2 unspecified atom stereocenters. The lowest BCUT2D eigenvalue weighted by Gasteiger charge is -2.16. The summed E-state index contributed by atoms with van der Waals surface area (Å²) in [6.07, 6.45) is 2.31. The molecule has 0 aromatic carbocycles. The van der Waals surface area contributed by atoms with E-state index in [1.165, 1.54) is 6.07 Å². The summed E-state index contributed by atoms with van der Waals surface area (Å²) in [6, 6.07) is 1.33. The zero-order valence-corrected chi connectivity index (χ0v) is 12.0. The van der Waals surface area contributed by atoms with Gasteiger partial charge in [-0.25, -0.2) is 0 Å². The smallest absolute Gasteiger partial charge is 0.306 e. The van der Waals surface area contributed by atoms with Gasteiger partial charge in [0, 0.05) is 6.54 Å². The van der Waals surface area contributed by atoms with Gasteiger partial charge in [-0.1, -0.05) is 29.6 Å². The monoisotopic (exact) mass is 317 g/mol. The van der Waals surface area contributed by atoms with Crippen molar-refractivity contribution in [2.75, 3.05) is 6.54 Å². The standard InChI is InChI=1S/C12H13Cl2N3O3/c13-9-4-8(10(14)17-16-9)11(18)15-5-6-2-1-3-7(6)12(19)20/h4,6-7H,1-3,5H2,(H,15,18)(H,19,20). The molecule has 20 heavy (non-hydrogen) atoms. The summed E-state index contributed by atoms with van der Waals surface area (Å²) >= 11 is 11.4. The Morgan fingerprint density at radius 2 is 2.10 bits per heavy atom. The maximum Gasteiger partial charge on any atom is 0.306 e. The van der Waals surface area contributed by atoms with Crippen LogP contribution in [0.1, 0.15) is 29.6 Å². The molecule has 1 aromatic heterocycles. The molecule has 1 aliphatic carbocycles. The van der Waals surface area contributed by atoms with Crippen LogP contribution in [0.25, 0.3) is 0 Å². The highest BCUT2D eigenvalue weighted by atomic mass is 35.5. The van der Waals surface area contributed by atoms with Crippen LogP contribution in [-0.4, -0.2) is 33.7 Å². The fourth-order valence-corrected chi connectivity index (χ4v) is 2.76. The highest BCUT2D eigenvalue weighted by Gasteiger charge is 2.33. The van der Waals surface area contributed by atoms with Gasteiger partial charge in [0.15, 0.2) is 10.3 Å². The number of amides is 1. The SMILES string of the molecule is O=C(NCC1CCCC1C(=O)O)c1cc(Cl)nnc1Cl. The Morgan fingerprint density at radius 3 is 2.80 bits per heavy atom. The minimum atomic E-state index is -0.812. The fraction of sp³-hybridized carbons (Fsp3) is 0.500.